The first-order valence-electron chi connectivity index (χ1n) is 7.26. The van der Waals surface area contributed by atoms with Crippen molar-refractivity contribution in [3.63, 3.8) is 0 Å². The van der Waals surface area contributed by atoms with Crippen LogP contribution in [0.3, 0.4) is 0 Å². The molecule has 0 aromatic heterocycles. The normalized spacial score (nSPS) is 21.1. The molecule has 0 bridgehead atoms. The molecule has 2 amide bonds. The molecular formula is C16H22N2O3. The van der Waals surface area contributed by atoms with Crippen LogP contribution in [0.5, 0.6) is 5.75 Å². The van der Waals surface area contributed by atoms with Crippen LogP contribution in [0.1, 0.15) is 27.2 Å². The third-order valence-corrected chi connectivity index (χ3v) is 3.64. The number of carbonyl (C=O) groups excluding carboxylic acids is 2. The van der Waals surface area contributed by atoms with Gasteiger partial charge in [-0.25, -0.2) is 0 Å². The summed E-state index contributed by atoms with van der Waals surface area (Å²) in [4.78, 5) is 26.2. The van der Waals surface area contributed by atoms with E-state index in [4.69, 9.17) is 4.74 Å². The molecule has 1 aliphatic heterocycles. The van der Waals surface area contributed by atoms with Crippen LogP contribution >= 0.6 is 0 Å². The second-order valence-corrected chi connectivity index (χ2v) is 5.70. The second kappa shape index (κ2) is 6.16. The number of nitrogens with one attached hydrogen (secondary N) is 1. The zero-order valence-corrected chi connectivity index (χ0v) is 12.8. The molecular weight excluding hydrogens is 268 g/mol. The zero-order chi connectivity index (χ0) is 15.5. The Morgan fingerprint density at radius 3 is 2.52 bits per heavy atom. The van der Waals surface area contributed by atoms with E-state index in [0.29, 0.717) is 19.6 Å². The molecule has 1 aliphatic rings. The van der Waals surface area contributed by atoms with Gasteiger partial charge in [-0.2, -0.15) is 0 Å². The number of piperazine rings is 1. The van der Waals surface area contributed by atoms with E-state index in [1.165, 1.54) is 0 Å². The summed E-state index contributed by atoms with van der Waals surface area (Å²) in [6.45, 7) is 6.13. The first kappa shape index (κ1) is 15.4. The molecule has 1 saturated heterocycles. The van der Waals surface area contributed by atoms with Crippen LogP contribution in [0.4, 0.5) is 0 Å². The summed E-state index contributed by atoms with van der Waals surface area (Å²) in [6.07, 6.45) is 0.596. The Bertz CT molecular complexity index is 514. The van der Waals surface area contributed by atoms with Crippen LogP contribution in [-0.2, 0) is 9.59 Å². The number of hydrogen-bond acceptors (Lipinski definition) is 3. The first-order chi connectivity index (χ1) is 9.95. The molecule has 5 heteroatoms. The van der Waals surface area contributed by atoms with E-state index in [0.717, 1.165) is 5.75 Å². The SMILES string of the molecule is CCC1C(=O)NC(C)(C)C(=O)N1CCOc1ccccc1. The smallest absolute Gasteiger partial charge is 0.248 e. The number of carbonyl (C=O) groups is 2. The fraction of sp³-hybridized carbons (Fsp3) is 0.500. The molecule has 0 radical (unpaired) electrons. The standard InChI is InChI=1S/C16H22N2O3/c1-4-13-14(19)17-16(2,3)15(20)18(13)10-11-21-12-8-6-5-7-9-12/h5-9,13H,4,10-11H2,1-3H3,(H,17,19). The minimum absolute atomic E-state index is 0.0642. The third kappa shape index (κ3) is 3.35. The predicted molar refractivity (Wildman–Crippen MR) is 80.0 cm³/mol. The average Bonchev–Trinajstić information content (AvgIpc) is 2.45. The number of nitrogens with zero attached hydrogens (tertiary/aromatic N) is 1. The van der Waals surface area contributed by atoms with Crippen molar-refractivity contribution < 1.29 is 14.3 Å². The number of benzene rings is 1. The van der Waals surface area contributed by atoms with Gasteiger partial charge in [0, 0.05) is 0 Å². The third-order valence-electron chi connectivity index (χ3n) is 3.64. The highest BCUT2D eigenvalue weighted by molar-refractivity contribution is 5.99. The minimum Gasteiger partial charge on any atom is -0.492 e. The largest absolute Gasteiger partial charge is 0.492 e. The molecule has 2 rings (SSSR count). The average molecular weight is 290 g/mol. The highest BCUT2D eigenvalue weighted by atomic mass is 16.5. The van der Waals surface area contributed by atoms with Crippen LogP contribution in [0.25, 0.3) is 0 Å². The molecule has 1 heterocycles. The van der Waals surface area contributed by atoms with E-state index in [-0.39, 0.29) is 11.8 Å². The summed E-state index contributed by atoms with van der Waals surface area (Å²) in [7, 11) is 0. The lowest BCUT2D eigenvalue weighted by Gasteiger charge is -2.42. The zero-order valence-electron chi connectivity index (χ0n) is 12.8. The maximum atomic E-state index is 12.5. The summed E-state index contributed by atoms with van der Waals surface area (Å²) in [5.41, 5.74) is -0.852. The Morgan fingerprint density at radius 2 is 1.90 bits per heavy atom. The van der Waals surface area contributed by atoms with Gasteiger partial charge in [-0.15, -0.1) is 0 Å². The first-order valence-corrected chi connectivity index (χ1v) is 7.26. The van der Waals surface area contributed by atoms with Crippen molar-refractivity contribution in [2.75, 3.05) is 13.2 Å². The van der Waals surface area contributed by atoms with E-state index in [1.807, 2.05) is 37.3 Å². The Balaban J connectivity index is 2.01. The van der Waals surface area contributed by atoms with Crippen LogP contribution in [0.2, 0.25) is 0 Å². The number of hydrogen-bond donors (Lipinski definition) is 1. The molecule has 1 N–H and O–H groups in total. The van der Waals surface area contributed by atoms with Crippen LogP contribution < -0.4 is 10.1 Å². The van der Waals surface area contributed by atoms with Gasteiger partial charge in [-0.1, -0.05) is 25.1 Å². The monoisotopic (exact) mass is 290 g/mol. The highest BCUT2D eigenvalue weighted by Crippen LogP contribution is 2.19. The van der Waals surface area contributed by atoms with Gasteiger partial charge in [0.2, 0.25) is 11.8 Å². The van der Waals surface area contributed by atoms with Crippen molar-refractivity contribution in [3.8, 4) is 5.75 Å². The van der Waals surface area contributed by atoms with E-state index in [1.54, 1.807) is 18.7 Å². The topological polar surface area (TPSA) is 58.6 Å². The summed E-state index contributed by atoms with van der Waals surface area (Å²) in [6, 6.07) is 9.03. The molecule has 0 spiro atoms. The van der Waals surface area contributed by atoms with Crippen molar-refractivity contribution >= 4 is 11.8 Å². The van der Waals surface area contributed by atoms with E-state index in [2.05, 4.69) is 5.32 Å². The minimum atomic E-state index is -0.852. The lowest BCUT2D eigenvalue weighted by atomic mass is 9.96. The molecule has 114 valence electrons. The quantitative estimate of drug-likeness (QED) is 0.895. The summed E-state index contributed by atoms with van der Waals surface area (Å²) < 4.78 is 5.63. The molecule has 1 aromatic carbocycles. The molecule has 0 saturated carbocycles. The van der Waals surface area contributed by atoms with Crippen molar-refractivity contribution in [1.29, 1.82) is 0 Å². The van der Waals surface area contributed by atoms with Crippen LogP contribution in [-0.4, -0.2) is 41.4 Å². The van der Waals surface area contributed by atoms with E-state index < -0.39 is 11.6 Å². The van der Waals surface area contributed by atoms with E-state index in [9.17, 15) is 9.59 Å². The molecule has 1 atom stereocenters. The van der Waals surface area contributed by atoms with Crippen molar-refractivity contribution in [2.45, 2.75) is 38.8 Å². The highest BCUT2D eigenvalue weighted by Gasteiger charge is 2.44. The van der Waals surface area contributed by atoms with Crippen molar-refractivity contribution in [3.05, 3.63) is 30.3 Å². The second-order valence-electron chi connectivity index (χ2n) is 5.70. The van der Waals surface area contributed by atoms with Crippen molar-refractivity contribution in [1.82, 2.24) is 10.2 Å². The van der Waals surface area contributed by atoms with Gasteiger partial charge in [-0.05, 0) is 32.4 Å². The molecule has 5 nitrogen and oxygen atoms in total. The molecule has 1 unspecified atom stereocenters. The fourth-order valence-corrected chi connectivity index (χ4v) is 2.53. The van der Waals surface area contributed by atoms with Gasteiger partial charge in [0.1, 0.15) is 23.9 Å². The number of para-hydroxylation sites is 1. The predicted octanol–water partition coefficient (Wildman–Crippen LogP) is 1.58. The van der Waals surface area contributed by atoms with Crippen LogP contribution in [0, 0.1) is 0 Å². The van der Waals surface area contributed by atoms with Gasteiger partial charge in [0.05, 0.1) is 6.54 Å². The number of rotatable bonds is 5. The van der Waals surface area contributed by atoms with Gasteiger partial charge < -0.3 is 15.0 Å². The summed E-state index contributed by atoms with van der Waals surface area (Å²) >= 11 is 0. The van der Waals surface area contributed by atoms with Gasteiger partial charge in [0.25, 0.3) is 0 Å². The van der Waals surface area contributed by atoms with Gasteiger partial charge >= 0.3 is 0 Å². The molecule has 21 heavy (non-hydrogen) atoms. The van der Waals surface area contributed by atoms with Gasteiger partial charge in [-0.3, -0.25) is 9.59 Å². The van der Waals surface area contributed by atoms with Crippen LogP contribution in [0.15, 0.2) is 30.3 Å². The Hall–Kier alpha value is -2.04. The maximum absolute atomic E-state index is 12.5. The molecule has 1 fully saturated rings. The van der Waals surface area contributed by atoms with Gasteiger partial charge in [0.15, 0.2) is 0 Å². The molecule has 0 aliphatic carbocycles. The van der Waals surface area contributed by atoms with Crippen molar-refractivity contribution in [2.24, 2.45) is 0 Å². The summed E-state index contributed by atoms with van der Waals surface area (Å²) in [5, 5.41) is 2.77. The van der Waals surface area contributed by atoms with E-state index >= 15 is 0 Å². The fourth-order valence-electron chi connectivity index (χ4n) is 2.53. The lowest BCUT2D eigenvalue weighted by molar-refractivity contribution is -0.154. The Morgan fingerprint density at radius 1 is 1.24 bits per heavy atom. The number of amides is 2. The number of ether oxygens (including phenoxy) is 1. The Labute approximate surface area is 125 Å². The lowest BCUT2D eigenvalue weighted by Crippen LogP contribution is -2.68. The Kier molecular flexibility index (Phi) is 4.50. The molecule has 1 aromatic rings. The maximum Gasteiger partial charge on any atom is 0.248 e. The summed E-state index contributed by atoms with van der Waals surface area (Å²) in [5.74, 6) is 0.603.